The molecule has 8 nitrogen and oxygen atoms in total. The minimum Gasteiger partial charge on any atom is -0.380 e. The van der Waals surface area contributed by atoms with Crippen molar-refractivity contribution in [2.45, 2.75) is 77.4 Å². The van der Waals surface area contributed by atoms with E-state index in [1.165, 1.54) is 15.9 Å². The van der Waals surface area contributed by atoms with Crippen LogP contribution in [0, 0.1) is 0 Å². The van der Waals surface area contributed by atoms with Crippen molar-refractivity contribution in [3.8, 4) is 0 Å². The van der Waals surface area contributed by atoms with Gasteiger partial charge >= 0.3 is 6.18 Å². The Morgan fingerprint density at radius 1 is 1.10 bits per heavy atom. The van der Waals surface area contributed by atoms with E-state index < -0.39 is 42.1 Å². The van der Waals surface area contributed by atoms with E-state index in [4.69, 9.17) is 0 Å². The van der Waals surface area contributed by atoms with Crippen LogP contribution in [0.25, 0.3) is 0 Å². The summed E-state index contributed by atoms with van der Waals surface area (Å²) < 4.78 is 41.1. The molecule has 226 valence electrons. The van der Waals surface area contributed by atoms with Crippen molar-refractivity contribution < 1.29 is 33.0 Å². The number of halogens is 3. The van der Waals surface area contributed by atoms with Crippen molar-refractivity contribution in [2.75, 3.05) is 19.6 Å². The predicted molar refractivity (Wildman–Crippen MR) is 153 cm³/mol. The van der Waals surface area contributed by atoms with Gasteiger partial charge < -0.3 is 25.3 Å². The lowest BCUT2D eigenvalue weighted by Gasteiger charge is -2.31. The van der Waals surface area contributed by atoms with Gasteiger partial charge in [0.15, 0.2) is 12.2 Å². The average Bonchev–Trinajstić information content (AvgIpc) is 3.03. The highest BCUT2D eigenvalue weighted by Crippen LogP contribution is 2.25. The zero-order valence-electron chi connectivity index (χ0n) is 23.9. The highest BCUT2D eigenvalue weighted by molar-refractivity contribution is 5.91. The zero-order chi connectivity index (χ0) is 30.6. The third-order valence-electron chi connectivity index (χ3n) is 6.69. The molecule has 1 unspecified atom stereocenters. The predicted octanol–water partition coefficient (Wildman–Crippen LogP) is 3.90. The van der Waals surface area contributed by atoms with Gasteiger partial charge in [-0.25, -0.2) is 4.99 Å². The average molecular weight is 579 g/mol. The largest absolute Gasteiger partial charge is 0.449 e. The van der Waals surface area contributed by atoms with Crippen molar-refractivity contribution in [2.24, 2.45) is 4.99 Å². The minimum atomic E-state index is -4.65. The molecule has 0 saturated heterocycles. The molecule has 1 aromatic rings. The van der Waals surface area contributed by atoms with Crippen LogP contribution >= 0.6 is 0 Å². The van der Waals surface area contributed by atoms with Crippen LogP contribution in [-0.4, -0.2) is 81.7 Å². The van der Waals surface area contributed by atoms with Crippen LogP contribution in [0.15, 0.2) is 65.8 Å². The van der Waals surface area contributed by atoms with Crippen molar-refractivity contribution >= 4 is 17.6 Å². The number of aliphatic hydroxyl groups excluding tert-OH is 2. The van der Waals surface area contributed by atoms with Gasteiger partial charge in [0.25, 0.3) is 11.8 Å². The Kier molecular flexibility index (Phi) is 13.3. The van der Waals surface area contributed by atoms with Crippen LogP contribution in [0.2, 0.25) is 0 Å². The van der Waals surface area contributed by atoms with Crippen molar-refractivity contribution in [3.63, 3.8) is 0 Å². The van der Waals surface area contributed by atoms with E-state index in [1.54, 1.807) is 25.2 Å². The molecule has 0 bridgehead atoms. The summed E-state index contributed by atoms with van der Waals surface area (Å²) in [4.78, 5) is 31.3. The second-order valence-electron chi connectivity index (χ2n) is 9.62. The molecule has 0 fully saturated rings. The summed E-state index contributed by atoms with van der Waals surface area (Å²) in [6.45, 7) is 10.1. The van der Waals surface area contributed by atoms with Gasteiger partial charge in [0, 0.05) is 32.2 Å². The Labute approximate surface area is 239 Å². The number of nitrogens with one attached hydrogen (secondary N) is 1. The van der Waals surface area contributed by atoms with Crippen LogP contribution in [0.5, 0.6) is 0 Å². The topological polar surface area (TPSA) is 105 Å². The van der Waals surface area contributed by atoms with E-state index in [-0.39, 0.29) is 25.3 Å². The third kappa shape index (κ3) is 9.86. The van der Waals surface area contributed by atoms with Crippen molar-refractivity contribution in [3.05, 3.63) is 72.0 Å². The number of hydrogen-bond donors (Lipinski definition) is 3. The molecule has 3 rings (SSSR count). The monoisotopic (exact) mass is 578 g/mol. The molecule has 1 aromatic carbocycles. The Hall–Kier alpha value is -3.44. The molecule has 0 saturated carbocycles. The number of carbonyl (C=O) groups excluding carboxylic acids is 2. The van der Waals surface area contributed by atoms with E-state index in [0.29, 0.717) is 32.2 Å². The number of aliphatic imine (C=N–C) groups is 1. The summed E-state index contributed by atoms with van der Waals surface area (Å²) in [5.41, 5.74) is 2.07. The Bertz CT molecular complexity index is 1130. The van der Waals surface area contributed by atoms with Gasteiger partial charge in [-0.05, 0) is 49.8 Å². The molecule has 2 amide bonds. The molecule has 11 heteroatoms. The number of carbonyl (C=O) groups is 2. The van der Waals surface area contributed by atoms with Crippen molar-refractivity contribution in [1.82, 2.24) is 15.1 Å². The fraction of sp³-hybridized carbons (Fsp3) is 0.500. The number of rotatable bonds is 9. The molecule has 41 heavy (non-hydrogen) atoms. The summed E-state index contributed by atoms with van der Waals surface area (Å²) in [6, 6.07) is 7.08. The van der Waals surface area contributed by atoms with Crippen LogP contribution in [0.4, 0.5) is 13.2 Å². The Balaban J connectivity index is 0.00000287. The SMILES string of the molecule is C=C1/C=C\C=C/C(C)N(CCCCCNC(=O)[C@H](O)[C@@H](O)C(=O)N2CCc3ccccc3C2)C(C(F)(F)F)=N1.CC. The first-order valence-corrected chi connectivity index (χ1v) is 13.9. The number of amidine groups is 1. The van der Waals surface area contributed by atoms with Crippen molar-refractivity contribution in [1.29, 1.82) is 0 Å². The molecule has 0 spiro atoms. The molecule has 2 aliphatic heterocycles. The summed E-state index contributed by atoms with van der Waals surface area (Å²) in [6.07, 6.45) is -0.255. The maximum Gasteiger partial charge on any atom is 0.449 e. The summed E-state index contributed by atoms with van der Waals surface area (Å²) in [7, 11) is 0. The van der Waals surface area contributed by atoms with E-state index in [0.717, 1.165) is 11.1 Å². The number of amides is 2. The quantitative estimate of drug-likeness (QED) is 0.386. The number of fused-ring (bicyclic) bond motifs is 1. The maximum atomic E-state index is 13.7. The fourth-order valence-electron chi connectivity index (χ4n) is 4.51. The molecule has 3 N–H and O–H groups in total. The molecule has 2 heterocycles. The van der Waals surface area contributed by atoms with E-state index >= 15 is 0 Å². The van der Waals surface area contributed by atoms with Crippen LogP contribution in [-0.2, 0) is 22.6 Å². The summed E-state index contributed by atoms with van der Waals surface area (Å²) in [5.74, 6) is -2.62. The van der Waals surface area contributed by atoms with Crippen LogP contribution in [0.3, 0.4) is 0 Å². The molecule has 3 atom stereocenters. The standard InChI is InChI=1S/C28H35F3N4O4.C2H6/c1-19-10-4-5-11-20(2)35(27(33-19)28(29,30)31)16-9-3-8-15-32-25(38)23(36)24(37)26(39)34-17-14-21-12-6-7-13-22(21)18-34;1-2/h4-7,10-13,20,23-24,36-37H,1,3,8-9,14-18H2,2H3,(H,32,38);1-2H3/b10-4-,11-5-,33-27?;/t20?,23-,24-;/m1./s1. The third-order valence-corrected chi connectivity index (χ3v) is 6.69. The first-order chi connectivity index (χ1) is 19.5. The number of unbranched alkanes of at least 4 members (excludes halogenated alkanes) is 2. The number of hydrogen-bond acceptors (Lipinski definition) is 6. The van der Waals surface area contributed by atoms with Gasteiger partial charge in [-0.3, -0.25) is 9.59 Å². The van der Waals surface area contributed by atoms with Gasteiger partial charge in [-0.2, -0.15) is 13.2 Å². The first kappa shape index (κ1) is 33.8. The second kappa shape index (κ2) is 16.1. The van der Waals surface area contributed by atoms with E-state index in [1.807, 2.05) is 38.1 Å². The minimum absolute atomic E-state index is 0.00174. The lowest BCUT2D eigenvalue weighted by molar-refractivity contribution is -0.153. The van der Waals surface area contributed by atoms with Gasteiger partial charge in [0.2, 0.25) is 5.84 Å². The lowest BCUT2D eigenvalue weighted by Crippen LogP contribution is -2.51. The highest BCUT2D eigenvalue weighted by atomic mass is 19.4. The Morgan fingerprint density at radius 2 is 1.78 bits per heavy atom. The number of aliphatic hydroxyl groups is 2. The molecule has 2 aliphatic rings. The number of alkyl halides is 3. The van der Waals surface area contributed by atoms with Crippen LogP contribution in [0.1, 0.15) is 51.2 Å². The lowest BCUT2D eigenvalue weighted by atomic mass is 9.99. The molecule has 0 aliphatic carbocycles. The normalized spacial score (nSPS) is 20.1. The first-order valence-electron chi connectivity index (χ1n) is 13.9. The maximum absolute atomic E-state index is 13.7. The Morgan fingerprint density at radius 3 is 2.46 bits per heavy atom. The van der Waals surface area contributed by atoms with Gasteiger partial charge in [-0.15, -0.1) is 0 Å². The summed E-state index contributed by atoms with van der Waals surface area (Å²) in [5, 5.41) is 23.0. The smallest absolute Gasteiger partial charge is 0.380 e. The molecule has 0 aromatic heterocycles. The highest BCUT2D eigenvalue weighted by Gasteiger charge is 2.41. The van der Waals surface area contributed by atoms with Gasteiger partial charge in [-0.1, -0.05) is 62.9 Å². The fourth-order valence-corrected chi connectivity index (χ4v) is 4.51. The van der Waals surface area contributed by atoms with E-state index in [9.17, 15) is 33.0 Å². The number of benzene rings is 1. The molecular formula is C30H41F3N4O4. The molecular weight excluding hydrogens is 537 g/mol. The number of nitrogens with zero attached hydrogens (tertiary/aromatic N) is 3. The zero-order valence-corrected chi connectivity index (χ0v) is 23.9. The number of allylic oxidation sites excluding steroid dienone is 3. The summed E-state index contributed by atoms with van der Waals surface area (Å²) >= 11 is 0. The van der Waals surface area contributed by atoms with Gasteiger partial charge in [0.05, 0.1) is 5.70 Å². The van der Waals surface area contributed by atoms with Crippen LogP contribution < -0.4 is 5.32 Å². The second-order valence-corrected chi connectivity index (χ2v) is 9.62. The molecule has 0 radical (unpaired) electrons. The van der Waals surface area contributed by atoms with Gasteiger partial charge in [0.1, 0.15) is 0 Å². The van der Waals surface area contributed by atoms with E-state index in [2.05, 4.69) is 16.9 Å².